The summed E-state index contributed by atoms with van der Waals surface area (Å²) in [5.41, 5.74) is 5.79. The summed E-state index contributed by atoms with van der Waals surface area (Å²) in [6.07, 6.45) is 1.34. The molecule has 2 rings (SSSR count). The van der Waals surface area contributed by atoms with Crippen molar-refractivity contribution in [3.8, 4) is 5.75 Å². The lowest BCUT2D eigenvalue weighted by Gasteiger charge is -2.18. The summed E-state index contributed by atoms with van der Waals surface area (Å²) in [6.45, 7) is 5.96. The van der Waals surface area contributed by atoms with Gasteiger partial charge < -0.3 is 15.4 Å². The standard InChI is InChI=1S/C11H19N3OS/c1-4-15-9-10(12)13-16-11(9)14(3)6-8-5-7(8)2/h7-8H,4-6H2,1-3H3,(H2,12,13). The maximum atomic E-state index is 5.79. The second-order valence-corrected chi connectivity index (χ2v) is 5.24. The van der Waals surface area contributed by atoms with Crippen LogP contribution in [0, 0.1) is 11.8 Å². The fourth-order valence-corrected chi connectivity index (χ4v) is 2.62. The molecule has 0 aliphatic heterocycles. The third-order valence-electron chi connectivity index (χ3n) is 3.08. The molecule has 2 atom stereocenters. The van der Waals surface area contributed by atoms with Gasteiger partial charge in [-0.2, -0.15) is 4.37 Å². The Morgan fingerprint density at radius 1 is 1.62 bits per heavy atom. The fourth-order valence-electron chi connectivity index (χ4n) is 1.90. The van der Waals surface area contributed by atoms with E-state index in [0.29, 0.717) is 12.4 Å². The molecule has 1 heterocycles. The predicted molar refractivity (Wildman–Crippen MR) is 68.2 cm³/mol. The first-order valence-corrected chi connectivity index (χ1v) is 6.49. The van der Waals surface area contributed by atoms with Gasteiger partial charge in [-0.3, -0.25) is 0 Å². The van der Waals surface area contributed by atoms with Gasteiger partial charge >= 0.3 is 0 Å². The van der Waals surface area contributed by atoms with Crippen LogP contribution in [-0.4, -0.2) is 24.6 Å². The normalized spacial score (nSPS) is 23.2. The van der Waals surface area contributed by atoms with Gasteiger partial charge in [-0.05, 0) is 36.7 Å². The molecule has 1 saturated carbocycles. The van der Waals surface area contributed by atoms with Crippen molar-refractivity contribution >= 4 is 22.4 Å². The van der Waals surface area contributed by atoms with Gasteiger partial charge in [-0.25, -0.2) is 0 Å². The van der Waals surface area contributed by atoms with E-state index in [-0.39, 0.29) is 0 Å². The Morgan fingerprint density at radius 2 is 2.31 bits per heavy atom. The molecule has 0 aromatic carbocycles. The highest BCUT2D eigenvalue weighted by Crippen LogP contribution is 2.42. The quantitative estimate of drug-likeness (QED) is 0.858. The minimum atomic E-state index is 0.512. The van der Waals surface area contributed by atoms with Crippen LogP contribution >= 0.6 is 11.5 Å². The highest BCUT2D eigenvalue weighted by atomic mass is 32.1. The average Bonchev–Trinajstić information content (AvgIpc) is 2.79. The van der Waals surface area contributed by atoms with Crippen molar-refractivity contribution in [1.82, 2.24) is 4.37 Å². The second kappa shape index (κ2) is 4.49. The molecule has 5 heteroatoms. The van der Waals surface area contributed by atoms with E-state index in [0.717, 1.165) is 29.1 Å². The summed E-state index contributed by atoms with van der Waals surface area (Å²) in [4.78, 5) is 2.22. The predicted octanol–water partition coefficient (Wildman–Crippen LogP) is 2.22. The molecule has 0 saturated heterocycles. The molecule has 1 aliphatic rings. The lowest BCUT2D eigenvalue weighted by atomic mass is 10.3. The number of nitrogen functional groups attached to an aromatic ring is 1. The first kappa shape index (κ1) is 11.5. The van der Waals surface area contributed by atoms with Gasteiger partial charge in [-0.15, -0.1) is 0 Å². The van der Waals surface area contributed by atoms with Crippen molar-refractivity contribution in [2.45, 2.75) is 20.3 Å². The Balaban J connectivity index is 2.06. The fraction of sp³-hybridized carbons (Fsp3) is 0.727. The van der Waals surface area contributed by atoms with Gasteiger partial charge in [-0.1, -0.05) is 6.92 Å². The van der Waals surface area contributed by atoms with Gasteiger partial charge in [0.15, 0.2) is 16.6 Å². The minimum absolute atomic E-state index is 0.512. The van der Waals surface area contributed by atoms with Gasteiger partial charge in [0.05, 0.1) is 6.61 Å². The number of hydrogen-bond acceptors (Lipinski definition) is 5. The zero-order valence-corrected chi connectivity index (χ0v) is 10.9. The van der Waals surface area contributed by atoms with E-state index >= 15 is 0 Å². The number of ether oxygens (including phenoxy) is 1. The number of aromatic nitrogens is 1. The van der Waals surface area contributed by atoms with Crippen molar-refractivity contribution < 1.29 is 4.74 Å². The monoisotopic (exact) mass is 241 g/mol. The summed E-state index contributed by atoms with van der Waals surface area (Å²) in [7, 11) is 2.08. The molecule has 1 aromatic rings. The van der Waals surface area contributed by atoms with E-state index in [1.165, 1.54) is 18.0 Å². The Labute approximate surface area is 101 Å². The summed E-state index contributed by atoms with van der Waals surface area (Å²) >= 11 is 1.42. The Bertz CT molecular complexity index is 366. The molecular formula is C11H19N3OS. The topological polar surface area (TPSA) is 51.4 Å². The van der Waals surface area contributed by atoms with Crippen molar-refractivity contribution in [1.29, 1.82) is 0 Å². The van der Waals surface area contributed by atoms with E-state index < -0.39 is 0 Å². The Kier molecular flexibility index (Phi) is 3.23. The van der Waals surface area contributed by atoms with Crippen LogP contribution in [0.3, 0.4) is 0 Å². The molecule has 1 aromatic heterocycles. The zero-order chi connectivity index (χ0) is 11.7. The molecule has 0 bridgehead atoms. The van der Waals surface area contributed by atoms with E-state index in [1.54, 1.807) is 0 Å². The van der Waals surface area contributed by atoms with Crippen molar-refractivity contribution in [3.05, 3.63) is 0 Å². The number of hydrogen-bond donors (Lipinski definition) is 1. The third kappa shape index (κ3) is 2.24. The molecule has 2 N–H and O–H groups in total. The first-order chi connectivity index (χ1) is 7.63. The first-order valence-electron chi connectivity index (χ1n) is 5.72. The van der Waals surface area contributed by atoms with Crippen LogP contribution in [0.15, 0.2) is 0 Å². The number of rotatable bonds is 5. The van der Waals surface area contributed by atoms with Crippen molar-refractivity contribution in [2.24, 2.45) is 11.8 Å². The highest BCUT2D eigenvalue weighted by Gasteiger charge is 2.34. The van der Waals surface area contributed by atoms with Crippen LogP contribution in [0.2, 0.25) is 0 Å². The molecule has 16 heavy (non-hydrogen) atoms. The molecule has 0 spiro atoms. The zero-order valence-electron chi connectivity index (χ0n) is 10.1. The summed E-state index contributed by atoms with van der Waals surface area (Å²) in [5.74, 6) is 2.95. The molecule has 1 fully saturated rings. The minimum Gasteiger partial charge on any atom is -0.487 e. The molecule has 1 aliphatic carbocycles. The Morgan fingerprint density at radius 3 is 2.88 bits per heavy atom. The largest absolute Gasteiger partial charge is 0.487 e. The summed E-state index contributed by atoms with van der Waals surface area (Å²) in [5, 5.41) is 1.05. The van der Waals surface area contributed by atoms with E-state index in [9.17, 15) is 0 Å². The van der Waals surface area contributed by atoms with E-state index in [4.69, 9.17) is 10.5 Å². The van der Waals surface area contributed by atoms with Crippen LogP contribution in [0.4, 0.5) is 10.8 Å². The van der Waals surface area contributed by atoms with Gasteiger partial charge in [0.2, 0.25) is 0 Å². The molecule has 90 valence electrons. The Hall–Kier alpha value is -0.970. The van der Waals surface area contributed by atoms with Crippen molar-refractivity contribution in [3.63, 3.8) is 0 Å². The van der Waals surface area contributed by atoms with Crippen LogP contribution < -0.4 is 15.4 Å². The van der Waals surface area contributed by atoms with Crippen LogP contribution in [-0.2, 0) is 0 Å². The maximum Gasteiger partial charge on any atom is 0.197 e. The molecule has 0 radical (unpaired) electrons. The summed E-state index contributed by atoms with van der Waals surface area (Å²) in [6, 6.07) is 0. The van der Waals surface area contributed by atoms with E-state index in [1.807, 2.05) is 6.92 Å². The van der Waals surface area contributed by atoms with Gasteiger partial charge in [0.25, 0.3) is 0 Å². The van der Waals surface area contributed by atoms with Crippen LogP contribution in [0.25, 0.3) is 0 Å². The molecule has 2 unspecified atom stereocenters. The lowest BCUT2D eigenvalue weighted by Crippen LogP contribution is -2.20. The number of nitrogens with two attached hydrogens (primary N) is 1. The van der Waals surface area contributed by atoms with Crippen molar-refractivity contribution in [2.75, 3.05) is 30.8 Å². The maximum absolute atomic E-state index is 5.79. The number of nitrogens with zero attached hydrogens (tertiary/aromatic N) is 2. The molecular weight excluding hydrogens is 222 g/mol. The SMILES string of the molecule is CCOc1c(N)nsc1N(C)CC1CC1C. The second-order valence-electron chi connectivity index (χ2n) is 4.49. The van der Waals surface area contributed by atoms with Gasteiger partial charge in [0.1, 0.15) is 0 Å². The number of anilines is 2. The third-order valence-corrected chi connectivity index (χ3v) is 4.04. The van der Waals surface area contributed by atoms with Crippen LogP contribution in [0.1, 0.15) is 20.3 Å². The smallest absolute Gasteiger partial charge is 0.197 e. The lowest BCUT2D eigenvalue weighted by molar-refractivity contribution is 0.343. The van der Waals surface area contributed by atoms with E-state index in [2.05, 4.69) is 23.2 Å². The molecule has 4 nitrogen and oxygen atoms in total. The average molecular weight is 241 g/mol. The summed E-state index contributed by atoms with van der Waals surface area (Å²) < 4.78 is 9.69. The van der Waals surface area contributed by atoms with Gasteiger partial charge in [0, 0.05) is 13.6 Å². The highest BCUT2D eigenvalue weighted by molar-refractivity contribution is 7.11. The van der Waals surface area contributed by atoms with Crippen LogP contribution in [0.5, 0.6) is 5.75 Å². The molecule has 0 amide bonds.